The van der Waals surface area contributed by atoms with E-state index in [2.05, 4.69) is 0 Å². The minimum Gasteiger partial charge on any atom is -0.368 e. The van der Waals surface area contributed by atoms with Crippen LogP contribution in [0.4, 0.5) is 0 Å². The summed E-state index contributed by atoms with van der Waals surface area (Å²) in [6.45, 7) is 1.81. The molecule has 0 radical (unpaired) electrons. The maximum atomic E-state index is 13.6. The number of primary amides is 1. The Morgan fingerprint density at radius 3 is 2.09 bits per heavy atom. The van der Waals surface area contributed by atoms with Gasteiger partial charge in [-0.3, -0.25) is 20.4 Å². The van der Waals surface area contributed by atoms with Gasteiger partial charge in [-0.25, -0.2) is 14.3 Å². The molecule has 0 aliphatic rings. The highest BCUT2D eigenvalue weighted by Gasteiger charge is 2.38. The Balaban J connectivity index is 1.96. The monoisotopic (exact) mass is 498 g/mol. The summed E-state index contributed by atoms with van der Waals surface area (Å²) in [4.78, 5) is 25.5. The van der Waals surface area contributed by atoms with Crippen molar-refractivity contribution in [2.75, 3.05) is 6.54 Å². The van der Waals surface area contributed by atoms with Gasteiger partial charge in [0.05, 0.1) is 4.90 Å². The van der Waals surface area contributed by atoms with Gasteiger partial charge in [0.1, 0.15) is 12.1 Å². The molecule has 3 aromatic rings. The molecule has 0 spiro atoms. The van der Waals surface area contributed by atoms with E-state index in [9.17, 15) is 18.0 Å². The molecule has 0 aliphatic carbocycles. The lowest BCUT2D eigenvalue weighted by molar-refractivity contribution is -0.143. The Morgan fingerprint density at radius 2 is 1.49 bits per heavy atom. The van der Waals surface area contributed by atoms with Gasteiger partial charge in [0.25, 0.3) is 15.9 Å². The van der Waals surface area contributed by atoms with Crippen LogP contribution in [-0.4, -0.2) is 48.3 Å². The smallest absolute Gasteiger partial charge is 0.257 e. The second-order valence-corrected chi connectivity index (χ2v) is 10.0. The van der Waals surface area contributed by atoms with Crippen molar-refractivity contribution < 1.29 is 18.0 Å². The van der Waals surface area contributed by atoms with Crippen molar-refractivity contribution in [2.24, 2.45) is 23.2 Å². The SMILES string of the molecule is Cc1ccc(S(=O)(=O)N(N)[C@@H](CCN)C(=O)N(N)[C@@H](Cc2ccccc2)C(N)=O)c2ccccc12. The summed E-state index contributed by atoms with van der Waals surface area (Å²) in [6.07, 6.45) is -0.0729. The quantitative estimate of drug-likeness (QED) is 0.179. The fourth-order valence-corrected chi connectivity index (χ4v) is 5.40. The van der Waals surface area contributed by atoms with E-state index >= 15 is 0 Å². The zero-order valence-electron chi connectivity index (χ0n) is 19.4. The fraction of sp³-hybridized carbons (Fsp3) is 0.250. The first-order valence-electron chi connectivity index (χ1n) is 11.0. The van der Waals surface area contributed by atoms with Crippen LogP contribution in [0, 0.1) is 6.92 Å². The fourth-order valence-electron chi connectivity index (χ4n) is 3.94. The molecule has 2 atom stereocenters. The number of nitrogens with zero attached hydrogens (tertiary/aromatic N) is 2. The normalized spacial score (nSPS) is 13.5. The van der Waals surface area contributed by atoms with Gasteiger partial charge in [0, 0.05) is 11.8 Å². The highest BCUT2D eigenvalue weighted by atomic mass is 32.2. The molecular formula is C24H30N6O4S. The van der Waals surface area contributed by atoms with Gasteiger partial charge in [-0.2, -0.15) is 0 Å². The number of hydrogen-bond donors (Lipinski definition) is 4. The lowest BCUT2D eigenvalue weighted by Gasteiger charge is -2.32. The summed E-state index contributed by atoms with van der Waals surface area (Å²) >= 11 is 0. The van der Waals surface area contributed by atoms with Crippen LogP contribution in [0.25, 0.3) is 10.8 Å². The summed E-state index contributed by atoms with van der Waals surface area (Å²) in [5, 5.41) is 1.85. The third-order valence-electron chi connectivity index (χ3n) is 5.88. The average Bonchev–Trinajstić information content (AvgIpc) is 2.85. The third-order valence-corrected chi connectivity index (χ3v) is 7.60. The third kappa shape index (κ3) is 5.50. The number of carbonyl (C=O) groups excluding carboxylic acids is 2. The number of rotatable bonds is 10. The van der Waals surface area contributed by atoms with Crippen molar-refractivity contribution in [1.82, 2.24) is 9.42 Å². The average molecular weight is 499 g/mol. The van der Waals surface area contributed by atoms with Gasteiger partial charge in [0.2, 0.25) is 5.91 Å². The number of hydrogen-bond acceptors (Lipinski definition) is 7. The van der Waals surface area contributed by atoms with Crippen LogP contribution in [0.15, 0.2) is 71.6 Å². The van der Waals surface area contributed by atoms with E-state index in [-0.39, 0.29) is 24.3 Å². The van der Waals surface area contributed by atoms with E-state index in [0.717, 1.165) is 16.5 Å². The summed E-state index contributed by atoms with van der Waals surface area (Å²) < 4.78 is 27.6. The molecule has 0 unspecified atom stereocenters. The minimum atomic E-state index is -4.35. The first-order chi connectivity index (χ1) is 16.6. The van der Waals surface area contributed by atoms with E-state index in [1.54, 1.807) is 60.7 Å². The van der Waals surface area contributed by atoms with E-state index in [1.807, 2.05) is 6.92 Å². The summed E-state index contributed by atoms with van der Waals surface area (Å²) in [6, 6.07) is 16.3. The van der Waals surface area contributed by atoms with Crippen molar-refractivity contribution in [1.29, 1.82) is 0 Å². The molecule has 8 N–H and O–H groups in total. The van der Waals surface area contributed by atoms with Gasteiger partial charge in [-0.15, -0.1) is 4.41 Å². The predicted molar refractivity (Wildman–Crippen MR) is 134 cm³/mol. The molecule has 0 aromatic heterocycles. The van der Waals surface area contributed by atoms with Crippen molar-refractivity contribution in [3.05, 3.63) is 77.9 Å². The molecule has 0 aliphatic heterocycles. The Morgan fingerprint density at radius 1 is 0.886 bits per heavy atom. The maximum Gasteiger partial charge on any atom is 0.257 e. The molecule has 11 heteroatoms. The largest absolute Gasteiger partial charge is 0.368 e. The van der Waals surface area contributed by atoms with Gasteiger partial charge in [0.15, 0.2) is 0 Å². The molecule has 35 heavy (non-hydrogen) atoms. The van der Waals surface area contributed by atoms with E-state index in [4.69, 9.17) is 23.2 Å². The molecule has 0 bridgehead atoms. The first-order valence-corrected chi connectivity index (χ1v) is 12.4. The van der Waals surface area contributed by atoms with Gasteiger partial charge in [-0.1, -0.05) is 60.7 Å². The number of fused-ring (bicyclic) bond motifs is 1. The van der Waals surface area contributed by atoms with Crippen molar-refractivity contribution in [3.8, 4) is 0 Å². The van der Waals surface area contributed by atoms with Crippen molar-refractivity contribution in [2.45, 2.75) is 36.7 Å². The predicted octanol–water partition coefficient (Wildman–Crippen LogP) is 0.529. The number of sulfonamides is 1. The second-order valence-electron chi connectivity index (χ2n) is 8.21. The second kappa shape index (κ2) is 10.9. The van der Waals surface area contributed by atoms with Crippen LogP contribution in [0.1, 0.15) is 17.5 Å². The summed E-state index contributed by atoms with van der Waals surface area (Å²) in [7, 11) is -4.35. The Bertz CT molecular complexity index is 1320. The maximum absolute atomic E-state index is 13.6. The molecule has 2 amide bonds. The lowest BCUT2D eigenvalue weighted by atomic mass is 10.0. The van der Waals surface area contributed by atoms with Crippen molar-refractivity contribution >= 4 is 32.6 Å². The molecule has 0 saturated carbocycles. The Labute approximate surface area is 204 Å². The molecule has 10 nitrogen and oxygen atoms in total. The lowest BCUT2D eigenvalue weighted by Crippen LogP contribution is -2.61. The molecule has 0 saturated heterocycles. The standard InChI is InChI=1S/C24H30N6O4S/c1-16-11-12-22(19-10-6-5-9-18(16)19)35(33,34)30(28)20(13-14-25)24(32)29(27)21(23(26)31)15-17-7-3-2-4-8-17/h2-12,20-21H,13-15,25,27-28H2,1H3,(H2,26,31)/t20-,21-/m0/s1. The zero-order valence-corrected chi connectivity index (χ0v) is 20.2. The number of amides is 2. The minimum absolute atomic E-state index is 0.0493. The van der Waals surface area contributed by atoms with Crippen molar-refractivity contribution in [3.63, 3.8) is 0 Å². The number of aryl methyl sites for hydroxylation is 1. The van der Waals surface area contributed by atoms with Crippen LogP contribution in [0.2, 0.25) is 0 Å². The summed E-state index contributed by atoms with van der Waals surface area (Å²) in [5.74, 6) is 10.4. The van der Waals surface area contributed by atoms with Crippen LogP contribution in [-0.2, 0) is 26.0 Å². The molecule has 3 rings (SSSR count). The number of benzene rings is 3. The van der Waals surface area contributed by atoms with E-state index in [1.165, 1.54) is 6.07 Å². The zero-order chi connectivity index (χ0) is 25.8. The molecule has 0 heterocycles. The molecule has 3 aromatic carbocycles. The van der Waals surface area contributed by atoms with Crippen LogP contribution >= 0.6 is 0 Å². The van der Waals surface area contributed by atoms with E-state index in [0.29, 0.717) is 14.8 Å². The highest BCUT2D eigenvalue weighted by Crippen LogP contribution is 2.28. The number of nitrogens with two attached hydrogens (primary N) is 4. The first kappa shape index (κ1) is 26.3. The molecular weight excluding hydrogens is 468 g/mol. The highest BCUT2D eigenvalue weighted by molar-refractivity contribution is 7.89. The van der Waals surface area contributed by atoms with Crippen LogP contribution < -0.4 is 23.2 Å². The van der Waals surface area contributed by atoms with E-state index < -0.39 is 33.9 Å². The Kier molecular flexibility index (Phi) is 8.20. The van der Waals surface area contributed by atoms with Crippen LogP contribution in [0.5, 0.6) is 0 Å². The van der Waals surface area contributed by atoms with Gasteiger partial charge >= 0.3 is 0 Å². The number of hydrazine groups is 2. The Hall–Kier alpha value is -3.35. The molecule has 186 valence electrons. The van der Waals surface area contributed by atoms with Crippen LogP contribution in [0.3, 0.4) is 0 Å². The number of carbonyl (C=O) groups is 2. The molecule has 0 fully saturated rings. The summed E-state index contributed by atoms with van der Waals surface area (Å²) in [5.41, 5.74) is 12.8. The van der Waals surface area contributed by atoms with Gasteiger partial charge in [-0.05, 0) is 42.5 Å². The topological polar surface area (TPSA) is 179 Å². The van der Waals surface area contributed by atoms with Gasteiger partial charge < -0.3 is 11.5 Å².